The Morgan fingerprint density at radius 3 is 2.16 bits per heavy atom. The second kappa shape index (κ2) is 9.05. The van der Waals surface area contributed by atoms with Crippen LogP contribution in [0.5, 0.6) is 0 Å². The Bertz CT molecular complexity index is 756. The van der Waals surface area contributed by atoms with Gasteiger partial charge < -0.3 is 10.0 Å². The molecule has 0 saturated heterocycles. The minimum atomic E-state index is 0.0327. The van der Waals surface area contributed by atoms with E-state index in [9.17, 15) is 5.11 Å². The quantitative estimate of drug-likeness (QED) is 0.719. The number of allylic oxidation sites excluding steroid dienone is 1. The van der Waals surface area contributed by atoms with E-state index in [1.54, 1.807) is 0 Å². The van der Waals surface area contributed by atoms with Gasteiger partial charge in [0.1, 0.15) is 0 Å². The van der Waals surface area contributed by atoms with Crippen molar-refractivity contribution in [1.82, 2.24) is 4.90 Å². The van der Waals surface area contributed by atoms with Crippen molar-refractivity contribution in [2.24, 2.45) is 0 Å². The van der Waals surface area contributed by atoms with Gasteiger partial charge in [-0.1, -0.05) is 73.9 Å². The fraction of sp³-hybridized carbons (Fsp3) is 0.217. The Kier molecular flexibility index (Phi) is 6.79. The second-order valence-electron chi connectivity index (χ2n) is 6.13. The van der Waals surface area contributed by atoms with Gasteiger partial charge in [0.2, 0.25) is 0 Å². The summed E-state index contributed by atoms with van der Waals surface area (Å²) in [5.41, 5.74) is 6.84. The van der Waals surface area contributed by atoms with E-state index in [1.165, 1.54) is 16.7 Å². The first-order valence-corrected chi connectivity index (χ1v) is 8.55. The van der Waals surface area contributed by atoms with Gasteiger partial charge in [0.25, 0.3) is 0 Å². The molecule has 0 spiro atoms. The van der Waals surface area contributed by atoms with E-state index >= 15 is 0 Å². The summed E-state index contributed by atoms with van der Waals surface area (Å²) in [6, 6.07) is 14.8. The molecule has 0 radical (unpaired) electrons. The third-order valence-electron chi connectivity index (χ3n) is 4.42. The van der Waals surface area contributed by atoms with Crippen molar-refractivity contribution in [3.05, 3.63) is 95.2 Å². The van der Waals surface area contributed by atoms with Gasteiger partial charge in [0.05, 0.1) is 6.61 Å². The standard InChI is InChI=1S/C23H27NO/c1-5-19-8-10-20(11-9-19)15-24(23(7-3)17-25)16-21-12-13-22(6-2)18(4)14-21/h5-14,25H,1-2,15-17H2,3-4H3/b23-7-. The number of aryl methyl sites for hydroxylation is 1. The lowest BCUT2D eigenvalue weighted by Gasteiger charge is -2.27. The average Bonchev–Trinajstić information content (AvgIpc) is 2.63. The number of nitrogens with zero attached hydrogens (tertiary/aromatic N) is 1. The number of hydrogen-bond acceptors (Lipinski definition) is 2. The van der Waals surface area contributed by atoms with Crippen LogP contribution in [0, 0.1) is 6.92 Å². The van der Waals surface area contributed by atoms with Gasteiger partial charge in [0, 0.05) is 18.8 Å². The normalized spacial score (nSPS) is 11.2. The van der Waals surface area contributed by atoms with Crippen molar-refractivity contribution in [1.29, 1.82) is 0 Å². The summed E-state index contributed by atoms with van der Waals surface area (Å²) in [5.74, 6) is 0. The molecule has 0 heterocycles. The summed E-state index contributed by atoms with van der Waals surface area (Å²) >= 11 is 0. The first kappa shape index (κ1) is 18.8. The van der Waals surface area contributed by atoms with Crippen molar-refractivity contribution in [2.45, 2.75) is 26.9 Å². The highest BCUT2D eigenvalue weighted by atomic mass is 16.3. The molecular weight excluding hydrogens is 306 g/mol. The molecule has 0 bridgehead atoms. The molecule has 0 amide bonds. The molecule has 0 fully saturated rings. The van der Waals surface area contributed by atoms with Crippen molar-refractivity contribution < 1.29 is 5.11 Å². The van der Waals surface area contributed by atoms with Crippen LogP contribution in [0.3, 0.4) is 0 Å². The fourth-order valence-corrected chi connectivity index (χ4v) is 2.90. The molecule has 2 heteroatoms. The van der Waals surface area contributed by atoms with Crippen LogP contribution in [-0.4, -0.2) is 16.6 Å². The number of aliphatic hydroxyl groups is 1. The predicted octanol–water partition coefficient (Wildman–Crippen LogP) is 5.18. The molecule has 130 valence electrons. The molecule has 0 saturated carbocycles. The first-order chi connectivity index (χ1) is 12.1. The van der Waals surface area contributed by atoms with E-state index < -0.39 is 0 Å². The highest BCUT2D eigenvalue weighted by molar-refractivity contribution is 5.52. The molecule has 0 aromatic heterocycles. The number of rotatable bonds is 8. The molecule has 0 aliphatic rings. The zero-order valence-corrected chi connectivity index (χ0v) is 15.2. The minimum absolute atomic E-state index is 0.0327. The molecule has 1 N–H and O–H groups in total. The molecule has 2 rings (SSSR count). The molecule has 0 atom stereocenters. The van der Waals surface area contributed by atoms with Gasteiger partial charge in [-0.15, -0.1) is 0 Å². The molecule has 2 aromatic rings. The van der Waals surface area contributed by atoms with Crippen molar-refractivity contribution in [2.75, 3.05) is 6.61 Å². The minimum Gasteiger partial charge on any atom is -0.390 e. The monoisotopic (exact) mass is 333 g/mol. The Morgan fingerprint density at radius 2 is 1.64 bits per heavy atom. The summed E-state index contributed by atoms with van der Waals surface area (Å²) in [5, 5.41) is 9.73. The third-order valence-corrected chi connectivity index (χ3v) is 4.42. The van der Waals surface area contributed by atoms with Gasteiger partial charge in [-0.2, -0.15) is 0 Å². The summed E-state index contributed by atoms with van der Waals surface area (Å²) < 4.78 is 0. The molecule has 0 unspecified atom stereocenters. The molecule has 0 aliphatic heterocycles. The fourth-order valence-electron chi connectivity index (χ4n) is 2.90. The van der Waals surface area contributed by atoms with Crippen LogP contribution in [0.4, 0.5) is 0 Å². The predicted molar refractivity (Wildman–Crippen MR) is 108 cm³/mol. The van der Waals surface area contributed by atoms with Gasteiger partial charge in [0.15, 0.2) is 0 Å². The highest BCUT2D eigenvalue weighted by Crippen LogP contribution is 2.19. The number of hydrogen-bond donors (Lipinski definition) is 1. The Balaban J connectivity index is 2.24. The van der Waals surface area contributed by atoms with Gasteiger partial charge >= 0.3 is 0 Å². The molecule has 25 heavy (non-hydrogen) atoms. The van der Waals surface area contributed by atoms with Crippen LogP contribution >= 0.6 is 0 Å². The maximum absolute atomic E-state index is 9.73. The summed E-state index contributed by atoms with van der Waals surface area (Å²) in [6.07, 6.45) is 5.70. The smallest absolute Gasteiger partial charge is 0.0826 e. The van der Waals surface area contributed by atoms with E-state index in [0.29, 0.717) is 0 Å². The summed E-state index contributed by atoms with van der Waals surface area (Å²) in [4.78, 5) is 2.21. The van der Waals surface area contributed by atoms with E-state index in [1.807, 2.05) is 25.2 Å². The van der Waals surface area contributed by atoms with Crippen molar-refractivity contribution in [3.8, 4) is 0 Å². The molecule has 2 aromatic carbocycles. The Morgan fingerprint density at radius 1 is 1.00 bits per heavy atom. The second-order valence-corrected chi connectivity index (χ2v) is 6.13. The lowest BCUT2D eigenvalue weighted by molar-refractivity contribution is 0.241. The Hall–Kier alpha value is -2.58. The van der Waals surface area contributed by atoms with Crippen LogP contribution < -0.4 is 0 Å². The first-order valence-electron chi connectivity index (χ1n) is 8.55. The zero-order valence-electron chi connectivity index (χ0n) is 15.2. The Labute approximate surface area is 151 Å². The molecule has 0 aliphatic carbocycles. The van der Waals surface area contributed by atoms with Gasteiger partial charge in [-0.05, 0) is 41.7 Å². The maximum Gasteiger partial charge on any atom is 0.0826 e. The van der Waals surface area contributed by atoms with Crippen LogP contribution in [-0.2, 0) is 13.1 Å². The lowest BCUT2D eigenvalue weighted by atomic mass is 10.0. The lowest BCUT2D eigenvalue weighted by Crippen LogP contribution is -2.24. The third kappa shape index (κ3) is 4.94. The van der Waals surface area contributed by atoms with E-state index in [-0.39, 0.29) is 6.61 Å². The summed E-state index contributed by atoms with van der Waals surface area (Å²) in [6.45, 7) is 13.2. The highest BCUT2D eigenvalue weighted by Gasteiger charge is 2.11. The topological polar surface area (TPSA) is 23.5 Å². The van der Waals surface area contributed by atoms with E-state index in [4.69, 9.17) is 0 Å². The molecular formula is C23H27NO. The average molecular weight is 333 g/mol. The van der Waals surface area contributed by atoms with Crippen LogP contribution in [0.25, 0.3) is 12.2 Å². The van der Waals surface area contributed by atoms with Crippen LogP contribution in [0.1, 0.15) is 34.7 Å². The van der Waals surface area contributed by atoms with Crippen LogP contribution in [0.2, 0.25) is 0 Å². The SMILES string of the molecule is C=Cc1ccc(CN(Cc2ccc(C=C)c(C)c2)/C(=C\C)CO)cc1. The van der Waals surface area contributed by atoms with E-state index in [2.05, 4.69) is 67.4 Å². The van der Waals surface area contributed by atoms with Crippen molar-refractivity contribution >= 4 is 12.2 Å². The van der Waals surface area contributed by atoms with Gasteiger partial charge in [-0.25, -0.2) is 0 Å². The van der Waals surface area contributed by atoms with Crippen LogP contribution in [0.15, 0.2) is 67.4 Å². The van der Waals surface area contributed by atoms with Crippen molar-refractivity contribution in [3.63, 3.8) is 0 Å². The summed E-state index contributed by atoms with van der Waals surface area (Å²) in [7, 11) is 0. The zero-order chi connectivity index (χ0) is 18.2. The van der Waals surface area contributed by atoms with E-state index in [0.717, 1.165) is 29.9 Å². The molecule has 2 nitrogen and oxygen atoms in total. The number of benzene rings is 2. The van der Waals surface area contributed by atoms with Gasteiger partial charge in [-0.3, -0.25) is 0 Å². The number of aliphatic hydroxyl groups excluding tert-OH is 1. The largest absolute Gasteiger partial charge is 0.390 e. The maximum atomic E-state index is 9.73.